The molecule has 25 heavy (non-hydrogen) atoms. The number of ether oxygens (including phenoxy) is 1. The predicted molar refractivity (Wildman–Crippen MR) is 76.1 cm³/mol. The van der Waals surface area contributed by atoms with Crippen LogP contribution < -0.4 is 0 Å². The molecule has 1 atom stereocenters. The third-order valence-electron chi connectivity index (χ3n) is 3.86. The van der Waals surface area contributed by atoms with Gasteiger partial charge in [-0.15, -0.1) is 10.2 Å². The van der Waals surface area contributed by atoms with E-state index in [0.717, 1.165) is 25.8 Å². The lowest BCUT2D eigenvalue weighted by Crippen LogP contribution is -2.33. The average Bonchev–Trinajstić information content (AvgIpc) is 3.16. The SMILES string of the molecule is COCc1nc(CN2CCCCC2c2nnc(CC(F)(F)F)o2)no1. The molecule has 0 bridgehead atoms. The summed E-state index contributed by atoms with van der Waals surface area (Å²) < 4.78 is 52.6. The normalized spacial score (nSPS) is 19.4. The predicted octanol–water partition coefficient (Wildman–Crippen LogP) is 2.43. The number of halogens is 3. The fourth-order valence-electron chi connectivity index (χ4n) is 2.82. The molecule has 2 aromatic heterocycles. The summed E-state index contributed by atoms with van der Waals surface area (Å²) >= 11 is 0. The molecule has 1 fully saturated rings. The Morgan fingerprint density at radius 3 is 2.84 bits per heavy atom. The maximum absolute atomic E-state index is 12.4. The molecule has 0 N–H and O–H groups in total. The zero-order chi connectivity index (χ0) is 17.9. The summed E-state index contributed by atoms with van der Waals surface area (Å²) in [5, 5.41) is 11.2. The first-order valence-corrected chi connectivity index (χ1v) is 7.88. The van der Waals surface area contributed by atoms with E-state index in [1.165, 1.54) is 7.11 Å². The lowest BCUT2D eigenvalue weighted by molar-refractivity contribution is -0.131. The monoisotopic (exact) mass is 361 g/mol. The average molecular weight is 361 g/mol. The van der Waals surface area contributed by atoms with Crippen molar-refractivity contribution >= 4 is 0 Å². The van der Waals surface area contributed by atoms with Crippen LogP contribution in [0, 0.1) is 0 Å². The number of alkyl halides is 3. The molecule has 1 aliphatic heterocycles. The van der Waals surface area contributed by atoms with Gasteiger partial charge in [-0.3, -0.25) is 4.90 Å². The van der Waals surface area contributed by atoms with E-state index in [1.807, 2.05) is 4.90 Å². The van der Waals surface area contributed by atoms with Crippen molar-refractivity contribution in [1.29, 1.82) is 0 Å². The van der Waals surface area contributed by atoms with Gasteiger partial charge in [-0.05, 0) is 19.4 Å². The summed E-state index contributed by atoms with van der Waals surface area (Å²) in [6.07, 6.45) is -2.99. The van der Waals surface area contributed by atoms with Crippen LogP contribution in [0.25, 0.3) is 0 Å². The first-order chi connectivity index (χ1) is 11.9. The highest BCUT2D eigenvalue weighted by Gasteiger charge is 2.33. The molecule has 11 heteroatoms. The van der Waals surface area contributed by atoms with Gasteiger partial charge >= 0.3 is 6.18 Å². The Labute approximate surface area is 141 Å². The number of methoxy groups -OCH3 is 1. The van der Waals surface area contributed by atoms with E-state index in [9.17, 15) is 13.2 Å². The molecule has 138 valence electrons. The molecular weight excluding hydrogens is 343 g/mol. The Kier molecular flexibility index (Phi) is 5.33. The second-order valence-corrected chi connectivity index (χ2v) is 5.85. The Morgan fingerprint density at radius 1 is 1.24 bits per heavy atom. The molecule has 1 saturated heterocycles. The van der Waals surface area contributed by atoms with Crippen molar-refractivity contribution in [2.75, 3.05) is 13.7 Å². The van der Waals surface area contributed by atoms with Crippen molar-refractivity contribution < 1.29 is 26.8 Å². The molecule has 3 heterocycles. The number of nitrogens with zero attached hydrogens (tertiary/aromatic N) is 5. The van der Waals surface area contributed by atoms with E-state index in [4.69, 9.17) is 13.7 Å². The van der Waals surface area contributed by atoms with Gasteiger partial charge < -0.3 is 13.7 Å². The third kappa shape index (κ3) is 4.75. The quantitative estimate of drug-likeness (QED) is 0.775. The smallest absolute Gasteiger partial charge is 0.397 e. The summed E-state index contributed by atoms with van der Waals surface area (Å²) in [6.45, 7) is 1.34. The van der Waals surface area contributed by atoms with Crippen molar-refractivity contribution in [3.05, 3.63) is 23.5 Å². The lowest BCUT2D eigenvalue weighted by atomic mass is 10.0. The van der Waals surface area contributed by atoms with E-state index < -0.39 is 18.5 Å². The van der Waals surface area contributed by atoms with E-state index in [-0.39, 0.29) is 18.5 Å². The summed E-state index contributed by atoms with van der Waals surface area (Å²) in [7, 11) is 1.53. The second-order valence-electron chi connectivity index (χ2n) is 5.85. The minimum absolute atomic E-state index is 0.194. The van der Waals surface area contributed by atoms with Gasteiger partial charge in [-0.25, -0.2) is 0 Å². The number of hydrogen-bond acceptors (Lipinski definition) is 8. The van der Waals surface area contributed by atoms with Crippen LogP contribution in [0.2, 0.25) is 0 Å². The number of aromatic nitrogens is 4. The zero-order valence-corrected chi connectivity index (χ0v) is 13.6. The van der Waals surface area contributed by atoms with Crippen molar-refractivity contribution in [1.82, 2.24) is 25.2 Å². The molecule has 0 spiro atoms. The molecule has 3 rings (SSSR count). The van der Waals surface area contributed by atoms with Crippen molar-refractivity contribution in [2.24, 2.45) is 0 Å². The summed E-state index contributed by atoms with van der Waals surface area (Å²) in [5.41, 5.74) is 0. The highest BCUT2D eigenvalue weighted by molar-refractivity contribution is 4.96. The van der Waals surface area contributed by atoms with Gasteiger partial charge in [0.05, 0.1) is 12.6 Å². The van der Waals surface area contributed by atoms with Crippen LogP contribution in [0.5, 0.6) is 0 Å². The third-order valence-corrected chi connectivity index (χ3v) is 3.86. The van der Waals surface area contributed by atoms with Crippen LogP contribution in [0.3, 0.4) is 0 Å². The van der Waals surface area contributed by atoms with Crippen molar-refractivity contribution in [2.45, 2.75) is 51.1 Å². The molecule has 2 aromatic rings. The number of rotatable bonds is 6. The summed E-state index contributed by atoms with van der Waals surface area (Å²) in [4.78, 5) is 6.23. The maximum atomic E-state index is 12.4. The summed E-state index contributed by atoms with van der Waals surface area (Å²) in [5.74, 6) is 0.625. The van der Waals surface area contributed by atoms with Crippen molar-refractivity contribution in [3.63, 3.8) is 0 Å². The number of piperidine rings is 1. The molecule has 1 aliphatic rings. The van der Waals surface area contributed by atoms with Crippen LogP contribution in [0.15, 0.2) is 8.94 Å². The van der Waals surface area contributed by atoms with Crippen LogP contribution >= 0.6 is 0 Å². The standard InChI is InChI=1S/C14H18F3N5O3/c1-23-8-12-18-10(21-25-12)7-22-5-3-2-4-9(22)13-20-19-11(24-13)6-14(15,16)17/h9H,2-8H2,1H3. The van der Waals surface area contributed by atoms with Gasteiger partial charge in [0, 0.05) is 7.11 Å². The first kappa shape index (κ1) is 17.8. The molecule has 0 aromatic carbocycles. The molecule has 0 aliphatic carbocycles. The molecular formula is C14H18F3N5O3. The Hall–Kier alpha value is -2.01. The van der Waals surface area contributed by atoms with Gasteiger partial charge in [0.2, 0.25) is 11.8 Å². The largest absolute Gasteiger partial charge is 0.423 e. The Bertz CT molecular complexity index is 687. The zero-order valence-electron chi connectivity index (χ0n) is 13.6. The molecule has 0 saturated carbocycles. The number of hydrogen-bond donors (Lipinski definition) is 0. The van der Waals surface area contributed by atoms with E-state index in [1.54, 1.807) is 0 Å². The Balaban J connectivity index is 1.70. The molecule has 0 radical (unpaired) electrons. The topological polar surface area (TPSA) is 90.3 Å². The second kappa shape index (κ2) is 7.48. The van der Waals surface area contributed by atoms with Crippen LogP contribution in [-0.4, -0.2) is 45.1 Å². The van der Waals surface area contributed by atoms with Gasteiger partial charge in [0.1, 0.15) is 13.0 Å². The highest BCUT2D eigenvalue weighted by atomic mass is 19.4. The minimum Gasteiger partial charge on any atom is -0.423 e. The van der Waals surface area contributed by atoms with Gasteiger partial charge in [-0.2, -0.15) is 18.2 Å². The van der Waals surface area contributed by atoms with Gasteiger partial charge in [0.15, 0.2) is 5.82 Å². The van der Waals surface area contributed by atoms with Crippen LogP contribution in [-0.2, 0) is 24.3 Å². The van der Waals surface area contributed by atoms with E-state index >= 15 is 0 Å². The van der Waals surface area contributed by atoms with Gasteiger partial charge in [0.25, 0.3) is 5.89 Å². The molecule has 1 unspecified atom stereocenters. The van der Waals surface area contributed by atoms with E-state index in [2.05, 4.69) is 20.3 Å². The molecule has 0 amide bonds. The molecule has 8 nitrogen and oxygen atoms in total. The maximum Gasteiger partial charge on any atom is 0.397 e. The van der Waals surface area contributed by atoms with Crippen molar-refractivity contribution in [3.8, 4) is 0 Å². The van der Waals surface area contributed by atoms with E-state index in [0.29, 0.717) is 18.3 Å². The minimum atomic E-state index is -4.38. The summed E-state index contributed by atoms with van der Waals surface area (Å²) in [6, 6.07) is -0.257. The fraction of sp³-hybridized carbons (Fsp3) is 0.714. The van der Waals surface area contributed by atoms with Crippen LogP contribution in [0.4, 0.5) is 13.2 Å². The first-order valence-electron chi connectivity index (χ1n) is 7.88. The van der Waals surface area contributed by atoms with Crippen LogP contribution in [0.1, 0.15) is 48.8 Å². The Morgan fingerprint density at radius 2 is 2.08 bits per heavy atom. The lowest BCUT2D eigenvalue weighted by Gasteiger charge is -2.32. The highest BCUT2D eigenvalue weighted by Crippen LogP contribution is 2.32. The fourth-order valence-corrected chi connectivity index (χ4v) is 2.82. The van der Waals surface area contributed by atoms with Gasteiger partial charge in [-0.1, -0.05) is 11.6 Å². The number of likely N-dealkylation sites (tertiary alicyclic amines) is 1.